The number of nitrogens with zero attached hydrogens (tertiary/aromatic N) is 3. The Morgan fingerprint density at radius 2 is 1.74 bits per heavy atom. The van der Waals surface area contributed by atoms with E-state index in [-0.39, 0.29) is 30.2 Å². The normalized spacial score (nSPS) is 13.6. The number of carbonyl (C=O) groups excluding carboxylic acids is 2. The van der Waals surface area contributed by atoms with E-state index in [4.69, 9.17) is 5.10 Å². The maximum atomic E-state index is 13.3. The Kier molecular flexibility index (Phi) is 7.15. The molecule has 0 unspecified atom stereocenters. The molecule has 3 aromatic rings. The number of carbonyl (C=O) groups is 2. The molecular weight excluding hydrogens is 424 g/mol. The zero-order valence-electron chi connectivity index (χ0n) is 20.5. The monoisotopic (exact) mass is 458 g/mol. The van der Waals surface area contributed by atoms with Crippen LogP contribution in [0.25, 0.3) is 16.8 Å². The van der Waals surface area contributed by atoms with E-state index in [0.717, 1.165) is 47.3 Å². The number of aromatic nitrogens is 2. The summed E-state index contributed by atoms with van der Waals surface area (Å²) in [5.41, 5.74) is 4.72. The maximum Gasteiger partial charge on any atom is 0.245 e. The Labute approximate surface area is 202 Å². The molecule has 0 bridgehead atoms. The van der Waals surface area contributed by atoms with Crippen molar-refractivity contribution in [1.82, 2.24) is 14.7 Å². The first kappa shape index (κ1) is 23.7. The fourth-order valence-electron chi connectivity index (χ4n) is 4.40. The van der Waals surface area contributed by atoms with Crippen LogP contribution in [0, 0.1) is 25.7 Å². The van der Waals surface area contributed by atoms with Crippen LogP contribution in [0.4, 0.5) is 5.82 Å². The van der Waals surface area contributed by atoms with E-state index in [2.05, 4.69) is 19.2 Å². The number of rotatable bonds is 8. The Balaban J connectivity index is 1.66. The Hall–Kier alpha value is -3.41. The van der Waals surface area contributed by atoms with Gasteiger partial charge in [0, 0.05) is 18.0 Å². The van der Waals surface area contributed by atoms with Crippen molar-refractivity contribution in [1.29, 1.82) is 0 Å². The molecule has 6 nitrogen and oxygen atoms in total. The predicted octanol–water partition coefficient (Wildman–Crippen LogP) is 5.38. The lowest BCUT2D eigenvalue weighted by Gasteiger charge is -2.32. The number of anilines is 1. The quantitative estimate of drug-likeness (QED) is 0.493. The van der Waals surface area contributed by atoms with Crippen molar-refractivity contribution in [2.45, 2.75) is 47.0 Å². The van der Waals surface area contributed by atoms with Crippen LogP contribution in [0.1, 0.15) is 44.4 Å². The molecule has 0 radical (unpaired) electrons. The fourth-order valence-corrected chi connectivity index (χ4v) is 4.40. The van der Waals surface area contributed by atoms with E-state index in [9.17, 15) is 9.59 Å². The minimum absolute atomic E-state index is 0.0415. The molecule has 6 heteroatoms. The van der Waals surface area contributed by atoms with E-state index >= 15 is 0 Å². The second-order valence-corrected chi connectivity index (χ2v) is 9.71. The first-order valence-electron chi connectivity index (χ1n) is 12.1. The van der Waals surface area contributed by atoms with Gasteiger partial charge in [-0.15, -0.1) is 0 Å². The van der Waals surface area contributed by atoms with Crippen LogP contribution in [0.2, 0.25) is 0 Å². The maximum absolute atomic E-state index is 13.3. The lowest BCUT2D eigenvalue weighted by Crippen LogP contribution is -2.44. The molecule has 0 spiro atoms. The van der Waals surface area contributed by atoms with Crippen molar-refractivity contribution in [3.05, 3.63) is 65.9 Å². The lowest BCUT2D eigenvalue weighted by molar-refractivity contribution is -0.141. The van der Waals surface area contributed by atoms with Gasteiger partial charge in [-0.25, -0.2) is 4.68 Å². The van der Waals surface area contributed by atoms with E-state index in [0.29, 0.717) is 12.4 Å². The third kappa shape index (κ3) is 5.22. The SMILES string of the molecule is Cc1ccc(-n2nc(C)c(-c3ccccc3)c2NC(=O)CN(CC(C)C)C(=O)C2CCC2)cc1. The lowest BCUT2D eigenvalue weighted by atomic mass is 9.84. The first-order valence-corrected chi connectivity index (χ1v) is 12.1. The van der Waals surface area contributed by atoms with Gasteiger partial charge < -0.3 is 10.2 Å². The van der Waals surface area contributed by atoms with Crippen LogP contribution in [-0.4, -0.2) is 39.6 Å². The molecule has 34 heavy (non-hydrogen) atoms. The van der Waals surface area contributed by atoms with Gasteiger partial charge >= 0.3 is 0 Å². The minimum Gasteiger partial charge on any atom is -0.333 e. The van der Waals surface area contributed by atoms with E-state index < -0.39 is 0 Å². The van der Waals surface area contributed by atoms with Crippen molar-refractivity contribution in [2.75, 3.05) is 18.4 Å². The number of hydrogen-bond donors (Lipinski definition) is 1. The molecule has 1 aromatic heterocycles. The Morgan fingerprint density at radius 1 is 1.06 bits per heavy atom. The molecule has 1 fully saturated rings. The van der Waals surface area contributed by atoms with Crippen molar-refractivity contribution >= 4 is 17.6 Å². The van der Waals surface area contributed by atoms with Crippen LogP contribution in [-0.2, 0) is 9.59 Å². The van der Waals surface area contributed by atoms with Gasteiger partial charge in [0.25, 0.3) is 0 Å². The smallest absolute Gasteiger partial charge is 0.245 e. The summed E-state index contributed by atoms with van der Waals surface area (Å²) in [6.07, 6.45) is 2.94. The number of benzene rings is 2. The summed E-state index contributed by atoms with van der Waals surface area (Å²) in [5.74, 6) is 0.863. The number of hydrogen-bond acceptors (Lipinski definition) is 3. The highest BCUT2D eigenvalue weighted by Gasteiger charge is 2.31. The van der Waals surface area contributed by atoms with Crippen molar-refractivity contribution in [3.8, 4) is 16.8 Å². The third-order valence-electron chi connectivity index (χ3n) is 6.35. The second kappa shape index (κ2) is 10.2. The summed E-state index contributed by atoms with van der Waals surface area (Å²) in [7, 11) is 0. The van der Waals surface area contributed by atoms with Crippen molar-refractivity contribution in [3.63, 3.8) is 0 Å². The van der Waals surface area contributed by atoms with Crippen LogP contribution in [0.3, 0.4) is 0 Å². The molecule has 1 aliphatic carbocycles. The van der Waals surface area contributed by atoms with Crippen LogP contribution >= 0.6 is 0 Å². The van der Waals surface area contributed by atoms with Gasteiger partial charge in [0.05, 0.1) is 17.9 Å². The standard InChI is InChI=1S/C28H34N4O2/c1-19(2)17-31(28(34)23-11-8-12-23)18-25(33)29-27-26(22-9-6-5-7-10-22)21(4)30-32(27)24-15-13-20(3)14-16-24/h5-7,9-10,13-16,19,23H,8,11-12,17-18H2,1-4H3,(H,29,33). The second-order valence-electron chi connectivity index (χ2n) is 9.71. The predicted molar refractivity (Wildman–Crippen MR) is 136 cm³/mol. The fraction of sp³-hybridized carbons (Fsp3) is 0.393. The van der Waals surface area contributed by atoms with Crippen molar-refractivity contribution in [2.24, 2.45) is 11.8 Å². The summed E-state index contributed by atoms with van der Waals surface area (Å²) in [5, 5.41) is 7.89. The van der Waals surface area contributed by atoms with Gasteiger partial charge in [-0.1, -0.05) is 68.3 Å². The molecular formula is C28H34N4O2. The highest BCUT2D eigenvalue weighted by molar-refractivity contribution is 5.98. The van der Waals surface area contributed by atoms with Gasteiger partial charge in [-0.05, 0) is 50.3 Å². The Morgan fingerprint density at radius 3 is 2.32 bits per heavy atom. The third-order valence-corrected chi connectivity index (χ3v) is 6.35. The van der Waals surface area contributed by atoms with E-state index in [1.54, 1.807) is 9.58 Å². The molecule has 0 saturated heterocycles. The largest absolute Gasteiger partial charge is 0.333 e. The van der Waals surface area contributed by atoms with Crippen LogP contribution in [0.5, 0.6) is 0 Å². The number of nitrogens with one attached hydrogen (secondary N) is 1. The van der Waals surface area contributed by atoms with Gasteiger partial charge in [0.15, 0.2) is 0 Å². The zero-order chi connectivity index (χ0) is 24.2. The number of aryl methyl sites for hydroxylation is 2. The van der Waals surface area contributed by atoms with Gasteiger partial charge in [0.2, 0.25) is 11.8 Å². The Bertz CT molecular complexity index is 1150. The highest BCUT2D eigenvalue weighted by Crippen LogP contribution is 2.34. The molecule has 1 aliphatic rings. The molecule has 0 aliphatic heterocycles. The molecule has 2 amide bonds. The van der Waals surface area contributed by atoms with Crippen LogP contribution in [0.15, 0.2) is 54.6 Å². The highest BCUT2D eigenvalue weighted by atomic mass is 16.2. The number of amides is 2. The molecule has 1 saturated carbocycles. The molecule has 0 atom stereocenters. The molecule has 2 aromatic carbocycles. The molecule has 1 heterocycles. The summed E-state index contributed by atoms with van der Waals surface area (Å²) in [4.78, 5) is 28.0. The zero-order valence-corrected chi connectivity index (χ0v) is 20.5. The summed E-state index contributed by atoms with van der Waals surface area (Å²) >= 11 is 0. The minimum atomic E-state index is -0.209. The van der Waals surface area contributed by atoms with Gasteiger partial charge in [-0.2, -0.15) is 5.10 Å². The molecule has 4 rings (SSSR count). The molecule has 1 N–H and O–H groups in total. The summed E-state index contributed by atoms with van der Waals surface area (Å²) in [6.45, 7) is 8.75. The van der Waals surface area contributed by atoms with Gasteiger partial charge in [-0.3, -0.25) is 9.59 Å². The summed E-state index contributed by atoms with van der Waals surface area (Å²) in [6, 6.07) is 18.0. The summed E-state index contributed by atoms with van der Waals surface area (Å²) < 4.78 is 1.79. The average Bonchev–Trinajstić information content (AvgIpc) is 3.08. The van der Waals surface area contributed by atoms with Gasteiger partial charge in [0.1, 0.15) is 5.82 Å². The average molecular weight is 459 g/mol. The topological polar surface area (TPSA) is 67.2 Å². The van der Waals surface area contributed by atoms with E-state index in [1.165, 1.54) is 0 Å². The molecule has 178 valence electrons. The first-order chi connectivity index (χ1) is 16.3. The van der Waals surface area contributed by atoms with Crippen molar-refractivity contribution < 1.29 is 9.59 Å². The van der Waals surface area contributed by atoms with Crippen LogP contribution < -0.4 is 5.32 Å². The van der Waals surface area contributed by atoms with E-state index in [1.807, 2.05) is 68.4 Å².